The second-order valence-corrected chi connectivity index (χ2v) is 2.49. The van der Waals surface area contributed by atoms with Crippen LogP contribution in [0.25, 0.3) is 0 Å². The first-order valence-corrected chi connectivity index (χ1v) is 3.12. The van der Waals surface area contributed by atoms with Gasteiger partial charge in [0.1, 0.15) is 0 Å². The zero-order chi connectivity index (χ0) is 7.44. The lowest BCUT2D eigenvalue weighted by Crippen LogP contribution is -2.23. The molecule has 54 valence electrons. The van der Waals surface area contributed by atoms with E-state index in [9.17, 15) is 0 Å². The third-order valence-electron chi connectivity index (χ3n) is 1.16. The van der Waals surface area contributed by atoms with Gasteiger partial charge in [0.05, 0.1) is 5.82 Å². The van der Waals surface area contributed by atoms with Gasteiger partial charge >= 0.3 is 0 Å². The Morgan fingerprint density at radius 2 is 1.67 bits per heavy atom. The van der Waals surface area contributed by atoms with Gasteiger partial charge < -0.3 is 10.2 Å². The van der Waals surface area contributed by atoms with E-state index >= 15 is 0 Å². The highest BCUT2D eigenvalue weighted by Crippen LogP contribution is 1.99. The highest BCUT2D eigenvalue weighted by atomic mass is 15.2. The largest absolute Gasteiger partial charge is 0.375 e. The SMILES string of the molecule is CNC(=C(C)C)N(C)C. The molecule has 0 spiro atoms. The van der Waals surface area contributed by atoms with Crippen LogP contribution in [0.5, 0.6) is 0 Å². The molecule has 0 aliphatic carbocycles. The summed E-state index contributed by atoms with van der Waals surface area (Å²) in [6.45, 7) is 4.18. The number of rotatable bonds is 2. The van der Waals surface area contributed by atoms with E-state index in [1.54, 1.807) is 0 Å². The Kier molecular flexibility index (Phi) is 3.13. The second-order valence-electron chi connectivity index (χ2n) is 2.49. The van der Waals surface area contributed by atoms with E-state index < -0.39 is 0 Å². The minimum absolute atomic E-state index is 1.19. The summed E-state index contributed by atoms with van der Waals surface area (Å²) < 4.78 is 0. The van der Waals surface area contributed by atoms with E-state index in [0.717, 1.165) is 0 Å². The molecule has 0 aliphatic heterocycles. The fourth-order valence-electron chi connectivity index (χ4n) is 0.921. The molecule has 2 heteroatoms. The Morgan fingerprint density at radius 3 is 1.67 bits per heavy atom. The summed E-state index contributed by atoms with van der Waals surface area (Å²) in [6, 6.07) is 0. The van der Waals surface area contributed by atoms with Crippen LogP contribution in [0.2, 0.25) is 0 Å². The lowest BCUT2D eigenvalue weighted by atomic mass is 10.3. The first kappa shape index (κ1) is 8.34. The molecule has 0 rings (SSSR count). The molecule has 0 fully saturated rings. The highest BCUT2D eigenvalue weighted by Gasteiger charge is 1.95. The molecule has 0 aromatic carbocycles. The normalized spacial score (nSPS) is 8.56. The van der Waals surface area contributed by atoms with E-state index in [2.05, 4.69) is 24.1 Å². The molecule has 0 aromatic heterocycles. The summed E-state index contributed by atoms with van der Waals surface area (Å²) in [7, 11) is 5.99. The van der Waals surface area contributed by atoms with Crippen LogP contribution in [-0.2, 0) is 0 Å². The fourth-order valence-corrected chi connectivity index (χ4v) is 0.921. The molecular weight excluding hydrogens is 112 g/mol. The zero-order valence-corrected chi connectivity index (χ0v) is 6.95. The molecule has 0 atom stereocenters. The monoisotopic (exact) mass is 128 g/mol. The molecule has 0 bridgehead atoms. The topological polar surface area (TPSA) is 15.3 Å². The lowest BCUT2D eigenvalue weighted by molar-refractivity contribution is 0.468. The van der Waals surface area contributed by atoms with Crippen LogP contribution in [0.15, 0.2) is 11.4 Å². The van der Waals surface area contributed by atoms with Crippen molar-refractivity contribution in [2.24, 2.45) is 0 Å². The predicted molar refractivity (Wildman–Crippen MR) is 41.1 cm³/mol. The smallest absolute Gasteiger partial charge is 0.0991 e. The van der Waals surface area contributed by atoms with E-state index in [4.69, 9.17) is 0 Å². The quantitative estimate of drug-likeness (QED) is 0.597. The molecule has 0 aliphatic rings. The van der Waals surface area contributed by atoms with Gasteiger partial charge in [-0.1, -0.05) is 0 Å². The van der Waals surface area contributed by atoms with Crippen LogP contribution in [0.3, 0.4) is 0 Å². The van der Waals surface area contributed by atoms with Gasteiger partial charge in [-0.05, 0) is 19.4 Å². The second kappa shape index (κ2) is 3.38. The Bertz CT molecular complexity index is 110. The van der Waals surface area contributed by atoms with Crippen LogP contribution in [0.4, 0.5) is 0 Å². The van der Waals surface area contributed by atoms with Crippen molar-refractivity contribution in [2.45, 2.75) is 13.8 Å². The first-order valence-electron chi connectivity index (χ1n) is 3.12. The third kappa shape index (κ3) is 2.40. The van der Waals surface area contributed by atoms with E-state index in [1.807, 2.05) is 21.1 Å². The van der Waals surface area contributed by atoms with Crippen molar-refractivity contribution in [1.82, 2.24) is 10.2 Å². The fraction of sp³-hybridized carbons (Fsp3) is 0.714. The molecule has 0 heterocycles. The van der Waals surface area contributed by atoms with E-state index in [-0.39, 0.29) is 0 Å². The van der Waals surface area contributed by atoms with Crippen LogP contribution in [0.1, 0.15) is 13.8 Å². The molecule has 0 saturated heterocycles. The summed E-state index contributed by atoms with van der Waals surface area (Å²) >= 11 is 0. The number of hydrogen-bond donors (Lipinski definition) is 1. The van der Waals surface area contributed by atoms with Gasteiger partial charge in [0.15, 0.2) is 0 Å². The van der Waals surface area contributed by atoms with E-state index in [0.29, 0.717) is 0 Å². The first-order chi connectivity index (χ1) is 4.09. The average Bonchev–Trinajstić information content (AvgIpc) is 1.64. The molecular formula is C7H16N2. The van der Waals surface area contributed by atoms with Crippen LogP contribution < -0.4 is 5.32 Å². The summed E-state index contributed by atoms with van der Waals surface area (Å²) in [5.74, 6) is 1.19. The van der Waals surface area contributed by atoms with Gasteiger partial charge in [-0.25, -0.2) is 0 Å². The third-order valence-corrected chi connectivity index (χ3v) is 1.16. The summed E-state index contributed by atoms with van der Waals surface area (Å²) in [5, 5.41) is 3.11. The van der Waals surface area contributed by atoms with Crippen molar-refractivity contribution < 1.29 is 0 Å². The summed E-state index contributed by atoms with van der Waals surface area (Å²) in [4.78, 5) is 2.06. The Labute approximate surface area is 57.5 Å². The van der Waals surface area contributed by atoms with Crippen molar-refractivity contribution in [3.8, 4) is 0 Å². The number of hydrogen-bond acceptors (Lipinski definition) is 2. The zero-order valence-electron chi connectivity index (χ0n) is 6.95. The summed E-state index contributed by atoms with van der Waals surface area (Å²) in [6.07, 6.45) is 0. The summed E-state index contributed by atoms with van der Waals surface area (Å²) in [5.41, 5.74) is 1.31. The molecule has 2 nitrogen and oxygen atoms in total. The van der Waals surface area contributed by atoms with Gasteiger partial charge in [0.2, 0.25) is 0 Å². The highest BCUT2D eigenvalue weighted by molar-refractivity contribution is 5.04. The number of nitrogens with one attached hydrogen (secondary N) is 1. The minimum atomic E-state index is 1.19. The van der Waals surface area contributed by atoms with Crippen molar-refractivity contribution in [3.63, 3.8) is 0 Å². The van der Waals surface area contributed by atoms with E-state index in [1.165, 1.54) is 11.4 Å². The van der Waals surface area contributed by atoms with Gasteiger partial charge in [-0.2, -0.15) is 0 Å². The maximum Gasteiger partial charge on any atom is 0.0991 e. The maximum atomic E-state index is 3.11. The molecule has 0 radical (unpaired) electrons. The lowest BCUT2D eigenvalue weighted by Gasteiger charge is -2.18. The van der Waals surface area contributed by atoms with Gasteiger partial charge in [0, 0.05) is 21.1 Å². The molecule has 0 aromatic rings. The molecule has 0 unspecified atom stereocenters. The van der Waals surface area contributed by atoms with Crippen LogP contribution >= 0.6 is 0 Å². The Morgan fingerprint density at radius 1 is 1.22 bits per heavy atom. The van der Waals surface area contributed by atoms with Crippen molar-refractivity contribution in [3.05, 3.63) is 11.4 Å². The van der Waals surface area contributed by atoms with Gasteiger partial charge in [-0.15, -0.1) is 0 Å². The number of nitrogens with zero attached hydrogens (tertiary/aromatic N) is 1. The standard InChI is InChI=1S/C7H16N2/c1-6(2)7(8-3)9(4)5/h8H,1-5H3. The minimum Gasteiger partial charge on any atom is -0.375 e. The molecule has 1 N–H and O–H groups in total. The number of allylic oxidation sites excluding steroid dienone is 1. The molecule has 0 saturated carbocycles. The van der Waals surface area contributed by atoms with Crippen molar-refractivity contribution in [1.29, 1.82) is 0 Å². The van der Waals surface area contributed by atoms with Crippen molar-refractivity contribution >= 4 is 0 Å². The predicted octanol–water partition coefficient (Wildman–Crippen LogP) is 1.02. The molecule has 0 amide bonds. The Hall–Kier alpha value is -0.660. The Balaban J connectivity index is 4.16. The maximum absolute atomic E-state index is 3.11. The van der Waals surface area contributed by atoms with Gasteiger partial charge in [-0.3, -0.25) is 0 Å². The average molecular weight is 128 g/mol. The van der Waals surface area contributed by atoms with Crippen LogP contribution in [-0.4, -0.2) is 26.0 Å². The molecule has 9 heavy (non-hydrogen) atoms. The van der Waals surface area contributed by atoms with Crippen molar-refractivity contribution in [2.75, 3.05) is 21.1 Å². The van der Waals surface area contributed by atoms with Crippen LogP contribution in [0, 0.1) is 0 Å². The van der Waals surface area contributed by atoms with Gasteiger partial charge in [0.25, 0.3) is 0 Å².